The van der Waals surface area contributed by atoms with E-state index in [1.54, 1.807) is 12.1 Å². The first-order valence-electron chi connectivity index (χ1n) is 13.3. The maximum atomic E-state index is 14.0. The second-order valence-corrected chi connectivity index (χ2v) is 10.8. The summed E-state index contributed by atoms with van der Waals surface area (Å²) in [7, 11) is 4.20. The average molecular weight is 524 g/mol. The molecule has 2 bridgehead atoms. The highest BCUT2D eigenvalue weighted by atomic mass is 35.5. The lowest BCUT2D eigenvalue weighted by Crippen LogP contribution is -2.39. The lowest BCUT2D eigenvalue weighted by Gasteiger charge is -2.35. The minimum Gasteiger partial charge on any atom is -0.491 e. The van der Waals surface area contributed by atoms with Gasteiger partial charge < -0.3 is 24.3 Å². The summed E-state index contributed by atoms with van der Waals surface area (Å²) in [5.41, 5.74) is 2.21. The van der Waals surface area contributed by atoms with Crippen molar-refractivity contribution in [2.24, 2.45) is 0 Å². The van der Waals surface area contributed by atoms with Crippen molar-refractivity contribution < 1.29 is 9.53 Å². The zero-order valence-electron chi connectivity index (χ0n) is 21.6. The lowest BCUT2D eigenvalue weighted by atomic mass is 9.98. The number of aromatic nitrogens is 3. The third-order valence-corrected chi connectivity index (χ3v) is 8.04. The SMILES string of the molecule is CN1CCOc2ccc(Cl)cc2C(=O)N2CCCCC2c2cc3nc(N4CCC4)cc(n3n2)N(C)CC1. The van der Waals surface area contributed by atoms with Gasteiger partial charge in [0.25, 0.3) is 5.91 Å². The van der Waals surface area contributed by atoms with E-state index in [2.05, 4.69) is 40.9 Å². The molecule has 5 heterocycles. The standard InChI is InChI=1S/C27H34ClN7O2/c1-31-12-13-32(2)26-18-24(33-9-5-10-33)29-25-17-21(30-35(25)26)22-6-3-4-11-34(22)27(36)20-16-19(28)7-8-23(20)37-15-14-31/h7-8,16-18,22H,3-6,9-15H2,1-2H3. The van der Waals surface area contributed by atoms with E-state index in [0.717, 1.165) is 75.0 Å². The van der Waals surface area contributed by atoms with Crippen molar-refractivity contribution >= 4 is 34.8 Å². The van der Waals surface area contributed by atoms with Crippen LogP contribution in [0, 0.1) is 0 Å². The van der Waals surface area contributed by atoms with Crippen LogP contribution in [0.25, 0.3) is 5.65 Å². The number of hydrogen-bond acceptors (Lipinski definition) is 7. The lowest BCUT2D eigenvalue weighted by molar-refractivity contribution is 0.0601. The van der Waals surface area contributed by atoms with Crippen LogP contribution in [0.15, 0.2) is 30.3 Å². The summed E-state index contributed by atoms with van der Waals surface area (Å²) in [6, 6.07) is 9.41. The van der Waals surface area contributed by atoms with Crippen LogP contribution in [-0.4, -0.2) is 90.3 Å². The minimum absolute atomic E-state index is 0.0636. The van der Waals surface area contributed by atoms with Crippen molar-refractivity contribution in [3.63, 3.8) is 0 Å². The zero-order valence-corrected chi connectivity index (χ0v) is 22.3. The Labute approximate surface area is 222 Å². The molecule has 37 heavy (non-hydrogen) atoms. The highest BCUT2D eigenvalue weighted by Crippen LogP contribution is 2.35. The van der Waals surface area contributed by atoms with Crippen molar-refractivity contribution in [3.8, 4) is 5.75 Å². The Bertz CT molecular complexity index is 1310. The molecule has 9 nitrogen and oxygen atoms in total. The first kappa shape index (κ1) is 24.3. The monoisotopic (exact) mass is 523 g/mol. The topological polar surface area (TPSA) is 69.5 Å². The van der Waals surface area contributed by atoms with Crippen molar-refractivity contribution in [3.05, 3.63) is 46.6 Å². The van der Waals surface area contributed by atoms with Crippen molar-refractivity contribution in [1.29, 1.82) is 0 Å². The quantitative estimate of drug-likeness (QED) is 0.481. The normalized spacial score (nSPS) is 21.5. The van der Waals surface area contributed by atoms with E-state index in [4.69, 9.17) is 26.4 Å². The van der Waals surface area contributed by atoms with Gasteiger partial charge in [-0.15, -0.1) is 0 Å². The smallest absolute Gasteiger partial charge is 0.258 e. The Kier molecular flexibility index (Phi) is 6.58. The molecule has 0 radical (unpaired) electrons. The number of benzene rings is 1. The zero-order chi connectivity index (χ0) is 25.5. The van der Waals surface area contributed by atoms with Gasteiger partial charge in [0.1, 0.15) is 24.0 Å². The number of hydrogen-bond donors (Lipinski definition) is 0. The fourth-order valence-corrected chi connectivity index (χ4v) is 5.57. The highest BCUT2D eigenvalue weighted by Gasteiger charge is 2.33. The number of amides is 1. The summed E-state index contributed by atoms with van der Waals surface area (Å²) in [4.78, 5) is 27.7. The Morgan fingerprint density at radius 1 is 0.973 bits per heavy atom. The summed E-state index contributed by atoms with van der Waals surface area (Å²) in [5.74, 6) is 2.52. The molecule has 196 valence electrons. The number of carbonyl (C=O) groups is 1. The molecular weight excluding hydrogens is 490 g/mol. The Balaban J connectivity index is 1.46. The number of fused-ring (bicyclic) bond motifs is 4. The van der Waals surface area contributed by atoms with Gasteiger partial charge in [-0.2, -0.15) is 9.61 Å². The maximum Gasteiger partial charge on any atom is 0.258 e. The van der Waals surface area contributed by atoms with Gasteiger partial charge in [-0.1, -0.05) is 11.6 Å². The largest absolute Gasteiger partial charge is 0.491 e. The number of rotatable bonds is 1. The molecule has 1 amide bonds. The fraction of sp³-hybridized carbons (Fsp3) is 0.519. The van der Waals surface area contributed by atoms with Crippen molar-refractivity contribution in [2.45, 2.75) is 31.7 Å². The number of ether oxygens (including phenoxy) is 1. The molecule has 0 N–H and O–H groups in total. The molecule has 10 heteroatoms. The van der Waals surface area contributed by atoms with Gasteiger partial charge in [0.15, 0.2) is 5.65 Å². The van der Waals surface area contributed by atoms with E-state index < -0.39 is 0 Å². The molecule has 2 aromatic heterocycles. The van der Waals surface area contributed by atoms with Gasteiger partial charge in [0, 0.05) is 63.5 Å². The molecular formula is C27H34ClN7O2. The van der Waals surface area contributed by atoms with E-state index in [-0.39, 0.29) is 11.9 Å². The molecule has 3 aromatic rings. The van der Waals surface area contributed by atoms with Crippen LogP contribution in [0.1, 0.15) is 47.8 Å². The third kappa shape index (κ3) is 4.70. The molecule has 2 saturated heterocycles. The predicted octanol–water partition coefficient (Wildman–Crippen LogP) is 3.72. The molecule has 1 unspecified atom stereocenters. The van der Waals surface area contributed by atoms with Crippen LogP contribution in [0.3, 0.4) is 0 Å². The van der Waals surface area contributed by atoms with E-state index in [1.807, 2.05) is 15.5 Å². The number of likely N-dealkylation sites (N-methyl/N-ethyl adjacent to an activating group) is 2. The van der Waals surface area contributed by atoms with Crippen molar-refractivity contribution in [2.75, 3.05) is 69.8 Å². The number of nitrogens with zero attached hydrogens (tertiary/aromatic N) is 7. The van der Waals surface area contributed by atoms with Gasteiger partial charge in [-0.3, -0.25) is 4.79 Å². The molecule has 1 aromatic carbocycles. The van der Waals surface area contributed by atoms with Crippen LogP contribution in [0.5, 0.6) is 5.75 Å². The first-order valence-corrected chi connectivity index (χ1v) is 13.6. The van der Waals surface area contributed by atoms with Gasteiger partial charge in [-0.05, 0) is 50.9 Å². The number of halogens is 1. The van der Waals surface area contributed by atoms with E-state index in [9.17, 15) is 4.79 Å². The molecule has 0 spiro atoms. The summed E-state index contributed by atoms with van der Waals surface area (Å²) in [6.07, 6.45) is 4.07. The second kappa shape index (κ2) is 10.0. The van der Waals surface area contributed by atoms with E-state index in [1.165, 1.54) is 6.42 Å². The van der Waals surface area contributed by atoms with Crippen LogP contribution in [-0.2, 0) is 0 Å². The molecule has 2 fully saturated rings. The van der Waals surface area contributed by atoms with E-state index in [0.29, 0.717) is 29.5 Å². The van der Waals surface area contributed by atoms with E-state index >= 15 is 0 Å². The van der Waals surface area contributed by atoms with Gasteiger partial charge >= 0.3 is 0 Å². The summed E-state index contributed by atoms with van der Waals surface area (Å²) < 4.78 is 8.09. The second-order valence-electron chi connectivity index (χ2n) is 10.4. The van der Waals surface area contributed by atoms with Gasteiger partial charge in [0.2, 0.25) is 0 Å². The van der Waals surface area contributed by atoms with Crippen molar-refractivity contribution in [1.82, 2.24) is 24.4 Å². The van der Waals surface area contributed by atoms with Crippen LogP contribution >= 0.6 is 11.6 Å². The molecule has 0 aliphatic carbocycles. The molecule has 0 saturated carbocycles. The van der Waals surface area contributed by atoms with Crippen LogP contribution in [0.4, 0.5) is 11.6 Å². The maximum absolute atomic E-state index is 14.0. The predicted molar refractivity (Wildman–Crippen MR) is 145 cm³/mol. The molecule has 3 aliphatic rings. The Hall–Kier alpha value is -3.04. The summed E-state index contributed by atoms with van der Waals surface area (Å²) >= 11 is 6.34. The Morgan fingerprint density at radius 3 is 2.65 bits per heavy atom. The van der Waals surface area contributed by atoms with Gasteiger partial charge in [0.05, 0.1) is 17.3 Å². The molecule has 1 atom stereocenters. The first-order chi connectivity index (χ1) is 18.0. The van der Waals surface area contributed by atoms with Crippen LogP contribution in [0.2, 0.25) is 5.02 Å². The molecule has 6 rings (SSSR count). The number of carbonyl (C=O) groups excluding carboxylic acids is 1. The minimum atomic E-state index is -0.126. The fourth-order valence-electron chi connectivity index (χ4n) is 5.40. The average Bonchev–Trinajstić information content (AvgIpc) is 3.30. The number of anilines is 2. The number of piperidine rings is 1. The van der Waals surface area contributed by atoms with Gasteiger partial charge in [-0.25, -0.2) is 4.98 Å². The van der Waals surface area contributed by atoms with Crippen LogP contribution < -0.4 is 14.5 Å². The summed E-state index contributed by atoms with van der Waals surface area (Å²) in [6.45, 7) is 5.67. The highest BCUT2D eigenvalue weighted by molar-refractivity contribution is 6.31. The Morgan fingerprint density at radius 2 is 1.84 bits per heavy atom. The third-order valence-electron chi connectivity index (χ3n) is 7.81. The molecule has 3 aliphatic heterocycles. The summed E-state index contributed by atoms with van der Waals surface area (Å²) in [5, 5.41) is 5.59.